The Morgan fingerprint density at radius 1 is 1.20 bits per heavy atom. The predicted octanol–water partition coefficient (Wildman–Crippen LogP) is 2.80. The number of nitrogens with two attached hydrogens (primary N) is 1. The van der Waals surface area contributed by atoms with E-state index in [1.165, 1.54) is 11.1 Å². The van der Waals surface area contributed by atoms with Crippen LogP contribution in [0.15, 0.2) is 53.7 Å². The summed E-state index contributed by atoms with van der Waals surface area (Å²) in [5, 5.41) is 3.14. The van der Waals surface area contributed by atoms with Crippen LogP contribution in [-0.4, -0.2) is 36.0 Å². The first-order valence-corrected chi connectivity index (χ1v) is 8.37. The summed E-state index contributed by atoms with van der Waals surface area (Å²) < 4.78 is 0. The highest BCUT2D eigenvalue weighted by Crippen LogP contribution is 2.08. The van der Waals surface area contributed by atoms with Crippen LogP contribution in [0.3, 0.4) is 0 Å². The molecule has 136 valence electrons. The lowest BCUT2D eigenvalue weighted by atomic mass is 10.1. The van der Waals surface area contributed by atoms with Crippen LogP contribution < -0.4 is 11.1 Å². The van der Waals surface area contributed by atoms with Crippen molar-refractivity contribution >= 4 is 29.9 Å². The lowest BCUT2D eigenvalue weighted by molar-refractivity contribution is 0.345. The molecule has 3 N–H and O–H groups in total. The van der Waals surface area contributed by atoms with Crippen molar-refractivity contribution in [3.63, 3.8) is 0 Å². The molecule has 0 amide bonds. The Kier molecular flexibility index (Phi) is 10.1. The molecule has 6 heteroatoms. The zero-order valence-corrected chi connectivity index (χ0v) is 17.3. The molecule has 1 heterocycles. The van der Waals surface area contributed by atoms with Gasteiger partial charge in [-0.1, -0.05) is 37.3 Å². The number of hydrogen-bond acceptors (Lipinski definition) is 3. The van der Waals surface area contributed by atoms with E-state index in [0.717, 1.165) is 31.7 Å². The molecule has 0 aliphatic heterocycles. The molecule has 0 unspecified atom stereocenters. The number of nitrogens with one attached hydrogen (secondary N) is 1. The van der Waals surface area contributed by atoms with E-state index < -0.39 is 0 Å². The summed E-state index contributed by atoms with van der Waals surface area (Å²) in [6, 6.07) is 14.4. The number of rotatable bonds is 8. The maximum Gasteiger partial charge on any atom is 0.188 e. The fourth-order valence-electron chi connectivity index (χ4n) is 2.35. The summed E-state index contributed by atoms with van der Waals surface area (Å²) in [6.07, 6.45) is 2.63. The van der Waals surface area contributed by atoms with Crippen molar-refractivity contribution in [3.8, 4) is 0 Å². The summed E-state index contributed by atoms with van der Waals surface area (Å²) in [6.45, 7) is 5.46. The summed E-state index contributed by atoms with van der Waals surface area (Å²) >= 11 is 0. The van der Waals surface area contributed by atoms with Gasteiger partial charge in [0.15, 0.2) is 5.96 Å². The van der Waals surface area contributed by atoms with Crippen LogP contribution in [0.4, 0.5) is 0 Å². The van der Waals surface area contributed by atoms with Crippen LogP contribution in [0, 0.1) is 0 Å². The number of halogens is 1. The molecule has 0 fully saturated rings. The van der Waals surface area contributed by atoms with Crippen molar-refractivity contribution in [1.82, 2.24) is 15.2 Å². The molecular formula is C19H28IN5. The van der Waals surface area contributed by atoms with Crippen LogP contribution in [0.25, 0.3) is 0 Å². The molecule has 0 bridgehead atoms. The topological polar surface area (TPSA) is 66.5 Å². The highest BCUT2D eigenvalue weighted by molar-refractivity contribution is 14.0. The molecule has 0 aliphatic rings. The molecule has 0 saturated heterocycles. The van der Waals surface area contributed by atoms with Crippen molar-refractivity contribution in [2.75, 3.05) is 20.1 Å². The van der Waals surface area contributed by atoms with Crippen LogP contribution in [0.1, 0.15) is 23.7 Å². The zero-order valence-electron chi connectivity index (χ0n) is 15.0. The summed E-state index contributed by atoms with van der Waals surface area (Å²) in [7, 11) is 2.12. The molecular weight excluding hydrogens is 425 g/mol. The Labute approximate surface area is 167 Å². The highest BCUT2D eigenvalue weighted by Gasteiger charge is 2.00. The van der Waals surface area contributed by atoms with Gasteiger partial charge >= 0.3 is 0 Å². The normalized spacial score (nSPS) is 11.2. The van der Waals surface area contributed by atoms with Crippen LogP contribution in [0.2, 0.25) is 0 Å². The molecule has 0 aliphatic carbocycles. The number of guanidine groups is 1. The van der Waals surface area contributed by atoms with Crippen molar-refractivity contribution in [2.45, 2.75) is 26.4 Å². The van der Waals surface area contributed by atoms with Crippen LogP contribution in [0.5, 0.6) is 0 Å². The maximum absolute atomic E-state index is 5.94. The van der Waals surface area contributed by atoms with E-state index in [-0.39, 0.29) is 24.0 Å². The largest absolute Gasteiger partial charge is 0.370 e. The SMILES string of the molecule is CCN(C)Cc1cccc(CN=C(N)NCCc2ccccn2)c1.I. The number of pyridine rings is 1. The average molecular weight is 453 g/mol. The third-order valence-electron chi connectivity index (χ3n) is 3.83. The molecule has 2 rings (SSSR count). The molecule has 2 aromatic rings. The number of aliphatic imine (C=N–C) groups is 1. The van der Waals surface area contributed by atoms with Gasteiger partial charge in [0, 0.05) is 31.4 Å². The number of aromatic nitrogens is 1. The minimum absolute atomic E-state index is 0. The number of benzene rings is 1. The van der Waals surface area contributed by atoms with E-state index in [9.17, 15) is 0 Å². The van der Waals surface area contributed by atoms with E-state index >= 15 is 0 Å². The van der Waals surface area contributed by atoms with Crippen LogP contribution >= 0.6 is 24.0 Å². The van der Waals surface area contributed by atoms with Crippen molar-refractivity contribution in [1.29, 1.82) is 0 Å². The van der Waals surface area contributed by atoms with Crippen molar-refractivity contribution in [2.24, 2.45) is 10.7 Å². The summed E-state index contributed by atoms with van der Waals surface area (Å²) in [5.74, 6) is 0.474. The van der Waals surface area contributed by atoms with E-state index in [1.807, 2.05) is 18.2 Å². The van der Waals surface area contributed by atoms with Crippen molar-refractivity contribution in [3.05, 3.63) is 65.5 Å². The predicted molar refractivity (Wildman–Crippen MR) is 115 cm³/mol. The van der Waals surface area contributed by atoms with Gasteiger partial charge in [-0.3, -0.25) is 4.98 Å². The molecule has 25 heavy (non-hydrogen) atoms. The van der Waals surface area contributed by atoms with Gasteiger partial charge in [0.2, 0.25) is 0 Å². The quantitative estimate of drug-likeness (QED) is 0.367. The van der Waals surface area contributed by atoms with Gasteiger partial charge in [-0.05, 0) is 36.9 Å². The minimum atomic E-state index is 0. The first-order chi connectivity index (χ1) is 11.7. The van der Waals surface area contributed by atoms with Gasteiger partial charge in [-0.15, -0.1) is 24.0 Å². The second kappa shape index (κ2) is 11.8. The van der Waals surface area contributed by atoms with Gasteiger partial charge < -0.3 is 16.0 Å². The molecule has 5 nitrogen and oxygen atoms in total. The second-order valence-corrected chi connectivity index (χ2v) is 5.85. The monoisotopic (exact) mass is 453 g/mol. The number of nitrogens with zero attached hydrogens (tertiary/aromatic N) is 3. The van der Waals surface area contributed by atoms with E-state index in [2.05, 4.69) is 58.4 Å². The van der Waals surface area contributed by atoms with Gasteiger partial charge in [-0.2, -0.15) is 0 Å². The molecule has 1 aromatic heterocycles. The van der Waals surface area contributed by atoms with Gasteiger partial charge in [-0.25, -0.2) is 4.99 Å². The standard InChI is InChI=1S/C19H27N5.HI/c1-3-24(2)15-17-8-6-7-16(13-17)14-23-19(20)22-12-10-18-9-4-5-11-21-18;/h4-9,11,13H,3,10,12,14-15H2,1-2H3,(H3,20,22,23);1H. The molecule has 0 saturated carbocycles. The molecule has 0 spiro atoms. The van der Waals surface area contributed by atoms with E-state index in [0.29, 0.717) is 12.5 Å². The molecule has 1 aromatic carbocycles. The first kappa shape index (κ1) is 21.4. The Morgan fingerprint density at radius 3 is 2.72 bits per heavy atom. The lowest BCUT2D eigenvalue weighted by Gasteiger charge is -2.14. The maximum atomic E-state index is 5.94. The Morgan fingerprint density at radius 2 is 2.00 bits per heavy atom. The lowest BCUT2D eigenvalue weighted by Crippen LogP contribution is -2.33. The highest BCUT2D eigenvalue weighted by atomic mass is 127. The second-order valence-electron chi connectivity index (χ2n) is 5.85. The van der Waals surface area contributed by atoms with Gasteiger partial charge in [0.25, 0.3) is 0 Å². The fraction of sp³-hybridized carbons (Fsp3) is 0.368. The van der Waals surface area contributed by atoms with Crippen LogP contribution in [-0.2, 0) is 19.5 Å². The Balaban J connectivity index is 0.00000312. The molecule has 0 atom stereocenters. The third kappa shape index (κ3) is 8.31. The minimum Gasteiger partial charge on any atom is -0.370 e. The zero-order chi connectivity index (χ0) is 17.2. The smallest absolute Gasteiger partial charge is 0.188 e. The first-order valence-electron chi connectivity index (χ1n) is 8.37. The Bertz CT molecular complexity index is 645. The van der Waals surface area contributed by atoms with E-state index in [1.54, 1.807) is 6.20 Å². The average Bonchev–Trinajstić information content (AvgIpc) is 2.61. The van der Waals surface area contributed by atoms with E-state index in [4.69, 9.17) is 5.73 Å². The fourth-order valence-corrected chi connectivity index (χ4v) is 2.35. The van der Waals surface area contributed by atoms with Crippen molar-refractivity contribution < 1.29 is 0 Å². The Hall–Kier alpha value is -1.67. The molecule has 0 radical (unpaired) electrons. The third-order valence-corrected chi connectivity index (χ3v) is 3.83. The van der Waals surface area contributed by atoms with Gasteiger partial charge in [0.05, 0.1) is 6.54 Å². The summed E-state index contributed by atoms with van der Waals surface area (Å²) in [4.78, 5) is 11.0. The summed E-state index contributed by atoms with van der Waals surface area (Å²) in [5.41, 5.74) is 9.46. The van der Waals surface area contributed by atoms with Gasteiger partial charge in [0.1, 0.15) is 0 Å². The number of hydrogen-bond donors (Lipinski definition) is 2.